The molecule has 7 rings (SSSR count). The van der Waals surface area contributed by atoms with E-state index in [0.29, 0.717) is 27.4 Å². The van der Waals surface area contributed by atoms with Crippen LogP contribution in [0.15, 0.2) is 106 Å². The van der Waals surface area contributed by atoms with Crippen molar-refractivity contribution in [3.63, 3.8) is 0 Å². The van der Waals surface area contributed by atoms with Crippen LogP contribution in [0.25, 0.3) is 11.8 Å². The van der Waals surface area contributed by atoms with Crippen molar-refractivity contribution in [3.05, 3.63) is 160 Å². The summed E-state index contributed by atoms with van der Waals surface area (Å²) >= 11 is 1.32. The lowest BCUT2D eigenvalue weighted by Crippen LogP contribution is -2.38. The third-order valence-corrected chi connectivity index (χ3v) is 9.15. The normalized spacial score (nSPS) is 15.4. The van der Waals surface area contributed by atoms with Crippen molar-refractivity contribution in [2.75, 3.05) is 6.61 Å². The zero-order valence-electron chi connectivity index (χ0n) is 24.8. The van der Waals surface area contributed by atoms with Crippen LogP contribution in [0.3, 0.4) is 0 Å². The van der Waals surface area contributed by atoms with Gasteiger partial charge in [-0.25, -0.2) is 9.38 Å². The standard InChI is InChI=1S/C36H28FN3O5S/c1-2-44-31-19-23(9-18-30(31)45-21-22-7-15-27(16-8-22)40(42)43)20-32-35(41)39-34(25-10-13-26(37)14-11-25)29-17-12-24-5-3-4-6-28(24)33(29)38-36(39)46-32/h3-11,13-16,18-20,34H,2,12,17,21H2,1H3/b32-20+/t34-/m1/s1. The number of halogens is 1. The molecule has 0 fully saturated rings. The Bertz CT molecular complexity index is 2190. The SMILES string of the molecule is CCOc1cc(/C=c2/sc3n(c2=O)[C@H](c2ccc(F)cc2)C2=C(N=3)c3ccccc3CC2)ccc1OCc1ccc([N+](=O)[O-])cc1. The number of nitro benzene ring substituents is 1. The Morgan fingerprint density at radius 3 is 2.54 bits per heavy atom. The summed E-state index contributed by atoms with van der Waals surface area (Å²) in [6, 6.07) is 25.8. The molecule has 10 heteroatoms. The van der Waals surface area contributed by atoms with Gasteiger partial charge in [0.05, 0.1) is 27.8 Å². The van der Waals surface area contributed by atoms with Gasteiger partial charge < -0.3 is 9.47 Å². The van der Waals surface area contributed by atoms with E-state index < -0.39 is 11.0 Å². The Morgan fingerprint density at radius 2 is 1.78 bits per heavy atom. The van der Waals surface area contributed by atoms with Crippen LogP contribution in [0.4, 0.5) is 10.1 Å². The lowest BCUT2D eigenvalue weighted by Gasteiger charge is -2.30. The number of aromatic nitrogens is 1. The van der Waals surface area contributed by atoms with Gasteiger partial charge in [0.1, 0.15) is 12.4 Å². The highest BCUT2D eigenvalue weighted by molar-refractivity contribution is 7.07. The Labute approximate surface area is 267 Å². The molecule has 5 aromatic rings. The molecule has 1 aliphatic carbocycles. The molecular formula is C36H28FN3O5S. The van der Waals surface area contributed by atoms with Crippen LogP contribution in [-0.4, -0.2) is 16.1 Å². The van der Waals surface area contributed by atoms with Gasteiger partial charge in [0, 0.05) is 17.7 Å². The first-order valence-electron chi connectivity index (χ1n) is 14.9. The molecule has 0 saturated heterocycles. The van der Waals surface area contributed by atoms with Crippen LogP contribution in [0.2, 0.25) is 0 Å². The van der Waals surface area contributed by atoms with Gasteiger partial charge in [0.25, 0.3) is 11.2 Å². The van der Waals surface area contributed by atoms with Gasteiger partial charge in [0.2, 0.25) is 0 Å². The number of nitro groups is 1. The van der Waals surface area contributed by atoms with Gasteiger partial charge in [-0.15, -0.1) is 0 Å². The van der Waals surface area contributed by atoms with E-state index in [1.165, 1.54) is 41.2 Å². The number of benzene rings is 4. The van der Waals surface area contributed by atoms with Gasteiger partial charge in [-0.3, -0.25) is 19.5 Å². The van der Waals surface area contributed by atoms with Crippen LogP contribution >= 0.6 is 11.3 Å². The summed E-state index contributed by atoms with van der Waals surface area (Å²) in [5, 5.41) is 11.0. The first kappa shape index (κ1) is 29.4. The van der Waals surface area contributed by atoms with E-state index in [9.17, 15) is 19.3 Å². The maximum absolute atomic E-state index is 14.1. The van der Waals surface area contributed by atoms with Crippen molar-refractivity contribution in [2.24, 2.45) is 4.99 Å². The third kappa shape index (κ3) is 5.52. The molecule has 1 aliphatic heterocycles. The number of aryl methyl sites for hydroxylation is 1. The van der Waals surface area contributed by atoms with Crippen LogP contribution < -0.4 is 24.4 Å². The fraction of sp³-hybridized carbons (Fsp3) is 0.167. The molecule has 0 spiro atoms. The van der Waals surface area contributed by atoms with Gasteiger partial charge in [-0.05, 0) is 90.1 Å². The average Bonchev–Trinajstić information content (AvgIpc) is 3.38. The Morgan fingerprint density at radius 1 is 1.00 bits per heavy atom. The summed E-state index contributed by atoms with van der Waals surface area (Å²) in [4.78, 5) is 30.2. The number of fused-ring (bicyclic) bond motifs is 3. The summed E-state index contributed by atoms with van der Waals surface area (Å²) in [6.45, 7) is 2.48. The number of non-ortho nitro benzene ring substituents is 1. The average molecular weight is 634 g/mol. The lowest BCUT2D eigenvalue weighted by atomic mass is 9.83. The molecule has 2 heterocycles. The second-order valence-electron chi connectivity index (χ2n) is 11.0. The molecular weight excluding hydrogens is 605 g/mol. The van der Waals surface area contributed by atoms with Crippen molar-refractivity contribution in [1.29, 1.82) is 0 Å². The van der Waals surface area contributed by atoms with E-state index in [4.69, 9.17) is 14.5 Å². The van der Waals surface area contributed by atoms with Crippen molar-refractivity contribution in [2.45, 2.75) is 32.4 Å². The highest BCUT2D eigenvalue weighted by atomic mass is 32.1. The van der Waals surface area contributed by atoms with Crippen molar-refractivity contribution >= 4 is 28.8 Å². The lowest BCUT2D eigenvalue weighted by molar-refractivity contribution is -0.384. The van der Waals surface area contributed by atoms with E-state index in [2.05, 4.69) is 12.1 Å². The first-order valence-corrected chi connectivity index (χ1v) is 15.7. The smallest absolute Gasteiger partial charge is 0.271 e. The molecule has 230 valence electrons. The van der Waals surface area contributed by atoms with Crippen LogP contribution in [0.5, 0.6) is 11.5 Å². The summed E-state index contributed by atoms with van der Waals surface area (Å²) in [6.07, 6.45) is 3.41. The molecule has 0 radical (unpaired) electrons. The molecule has 4 aromatic carbocycles. The molecule has 1 atom stereocenters. The molecule has 8 nitrogen and oxygen atoms in total. The first-order chi connectivity index (χ1) is 22.4. The zero-order valence-corrected chi connectivity index (χ0v) is 25.6. The molecule has 1 aromatic heterocycles. The minimum absolute atomic E-state index is 0.0161. The van der Waals surface area contributed by atoms with E-state index >= 15 is 0 Å². The number of ether oxygens (including phenoxy) is 2. The molecule has 0 unspecified atom stereocenters. The van der Waals surface area contributed by atoms with Gasteiger partial charge in [-0.1, -0.05) is 53.8 Å². The predicted molar refractivity (Wildman–Crippen MR) is 174 cm³/mol. The van der Waals surface area contributed by atoms with Crippen molar-refractivity contribution < 1.29 is 18.8 Å². The van der Waals surface area contributed by atoms with E-state index in [0.717, 1.165) is 46.4 Å². The number of nitrogens with zero attached hydrogens (tertiary/aromatic N) is 3. The second kappa shape index (κ2) is 12.2. The molecule has 0 saturated carbocycles. The Balaban J connectivity index is 1.27. The molecule has 0 N–H and O–H groups in total. The number of thiazole rings is 1. The topological polar surface area (TPSA) is 96.0 Å². The van der Waals surface area contributed by atoms with E-state index in [-0.39, 0.29) is 23.7 Å². The van der Waals surface area contributed by atoms with Crippen LogP contribution in [0.1, 0.15) is 47.2 Å². The summed E-state index contributed by atoms with van der Waals surface area (Å²) < 4.78 is 28.1. The monoisotopic (exact) mass is 633 g/mol. The van der Waals surface area contributed by atoms with Crippen LogP contribution in [-0.2, 0) is 13.0 Å². The summed E-state index contributed by atoms with van der Waals surface area (Å²) in [5.74, 6) is 0.702. The fourth-order valence-electron chi connectivity index (χ4n) is 6.00. The van der Waals surface area contributed by atoms with Gasteiger partial charge in [0.15, 0.2) is 16.3 Å². The summed E-state index contributed by atoms with van der Waals surface area (Å²) in [7, 11) is 0. The molecule has 0 bridgehead atoms. The Hall–Kier alpha value is -5.35. The number of rotatable bonds is 8. The highest BCUT2D eigenvalue weighted by Gasteiger charge is 2.32. The quantitative estimate of drug-likeness (QED) is 0.147. The fourth-order valence-corrected chi connectivity index (χ4v) is 7.00. The van der Waals surface area contributed by atoms with Crippen LogP contribution in [0, 0.1) is 15.9 Å². The van der Waals surface area contributed by atoms with E-state index in [1.54, 1.807) is 34.9 Å². The molecule has 46 heavy (non-hydrogen) atoms. The highest BCUT2D eigenvalue weighted by Crippen LogP contribution is 2.41. The van der Waals surface area contributed by atoms with Gasteiger partial charge in [-0.2, -0.15) is 0 Å². The maximum atomic E-state index is 14.1. The third-order valence-electron chi connectivity index (χ3n) is 8.17. The summed E-state index contributed by atoms with van der Waals surface area (Å²) in [5.41, 5.74) is 6.45. The van der Waals surface area contributed by atoms with Crippen molar-refractivity contribution in [1.82, 2.24) is 4.57 Å². The predicted octanol–water partition coefficient (Wildman–Crippen LogP) is 6.34. The molecule has 2 aliphatic rings. The maximum Gasteiger partial charge on any atom is 0.271 e. The second-order valence-corrected chi connectivity index (χ2v) is 12.0. The number of allylic oxidation sites excluding steroid dienone is 1. The number of hydrogen-bond acceptors (Lipinski definition) is 7. The minimum Gasteiger partial charge on any atom is -0.490 e. The van der Waals surface area contributed by atoms with E-state index in [1.807, 2.05) is 37.3 Å². The molecule has 0 amide bonds. The minimum atomic E-state index is -0.441. The van der Waals surface area contributed by atoms with Gasteiger partial charge >= 0.3 is 0 Å². The van der Waals surface area contributed by atoms with Crippen molar-refractivity contribution in [3.8, 4) is 11.5 Å². The Kier molecular flexibility index (Phi) is 7.79. The number of hydrogen-bond donors (Lipinski definition) is 0. The largest absolute Gasteiger partial charge is 0.490 e. The zero-order chi connectivity index (χ0) is 31.8.